The third-order valence-electron chi connectivity index (χ3n) is 5.56. The van der Waals surface area contributed by atoms with Gasteiger partial charge in [-0.25, -0.2) is 0 Å². The van der Waals surface area contributed by atoms with Crippen LogP contribution in [0.3, 0.4) is 0 Å². The molecule has 2 heterocycles. The number of aryl methyl sites for hydroxylation is 3. The minimum absolute atomic E-state index is 0.181. The minimum Gasteiger partial charge on any atom is -0.368 e. The molecule has 0 saturated heterocycles. The number of aromatic nitrogens is 1. The summed E-state index contributed by atoms with van der Waals surface area (Å²) in [6.07, 6.45) is 0.453. The topological polar surface area (TPSA) is 79.2 Å². The quantitative estimate of drug-likeness (QED) is 0.735. The van der Waals surface area contributed by atoms with E-state index in [-0.39, 0.29) is 5.91 Å². The molecule has 0 bridgehead atoms. The van der Waals surface area contributed by atoms with Gasteiger partial charge in [0.25, 0.3) is 5.91 Å². The average Bonchev–Trinajstić information content (AvgIpc) is 2.97. The Hall–Kier alpha value is -3.08. The van der Waals surface area contributed by atoms with Crippen molar-refractivity contribution in [1.29, 1.82) is 0 Å². The molecule has 0 saturated carbocycles. The lowest BCUT2D eigenvalue weighted by Gasteiger charge is -2.35. The standard InChI is InChI=1S/C22H23N3O2/c1-12-8-13(2)19-17(9-12)14(3)20(24-19)22(27)25-11-16-7-5-4-6-15(16)10-18(25)21(23)26/h4-9,18,24H,10-11H2,1-3H3,(H2,23,26)/t18-/m1/s1. The molecule has 5 nitrogen and oxygen atoms in total. The molecule has 3 N–H and O–H groups in total. The van der Waals surface area contributed by atoms with Crippen LogP contribution in [0.4, 0.5) is 0 Å². The van der Waals surface area contributed by atoms with Crippen molar-refractivity contribution >= 4 is 22.7 Å². The van der Waals surface area contributed by atoms with Gasteiger partial charge >= 0.3 is 0 Å². The Morgan fingerprint density at radius 2 is 1.81 bits per heavy atom. The van der Waals surface area contributed by atoms with E-state index in [9.17, 15) is 9.59 Å². The van der Waals surface area contributed by atoms with Crippen molar-refractivity contribution in [3.8, 4) is 0 Å². The number of nitrogens with one attached hydrogen (secondary N) is 1. The molecule has 1 atom stereocenters. The molecule has 4 rings (SSSR count). The normalized spacial score (nSPS) is 16.4. The van der Waals surface area contributed by atoms with Crippen LogP contribution in [0.25, 0.3) is 10.9 Å². The zero-order valence-corrected chi connectivity index (χ0v) is 15.8. The second kappa shape index (κ2) is 6.27. The molecule has 2 amide bonds. The SMILES string of the molecule is Cc1cc(C)c2[nH]c(C(=O)N3Cc4ccccc4C[C@@H]3C(N)=O)c(C)c2c1. The first kappa shape index (κ1) is 17.3. The number of fused-ring (bicyclic) bond motifs is 2. The fraction of sp³-hybridized carbons (Fsp3) is 0.273. The summed E-state index contributed by atoms with van der Waals surface area (Å²) in [6, 6.07) is 11.4. The van der Waals surface area contributed by atoms with Crippen LogP contribution in [0, 0.1) is 20.8 Å². The summed E-state index contributed by atoms with van der Waals surface area (Å²) in [6.45, 7) is 6.41. The van der Waals surface area contributed by atoms with Crippen LogP contribution in [-0.4, -0.2) is 27.7 Å². The molecule has 3 aromatic rings. The van der Waals surface area contributed by atoms with Crippen molar-refractivity contribution < 1.29 is 9.59 Å². The second-order valence-electron chi connectivity index (χ2n) is 7.45. The molecule has 1 aliphatic rings. The van der Waals surface area contributed by atoms with Gasteiger partial charge in [0, 0.05) is 23.9 Å². The molecule has 1 aromatic heterocycles. The molecule has 2 aromatic carbocycles. The molecular formula is C22H23N3O2. The number of hydrogen-bond donors (Lipinski definition) is 2. The Morgan fingerprint density at radius 1 is 1.11 bits per heavy atom. The number of carbonyl (C=O) groups excluding carboxylic acids is 2. The number of nitrogens with zero attached hydrogens (tertiary/aromatic N) is 1. The molecule has 1 aliphatic heterocycles. The van der Waals surface area contributed by atoms with Crippen LogP contribution < -0.4 is 5.73 Å². The summed E-state index contributed by atoms with van der Waals surface area (Å²) >= 11 is 0. The zero-order valence-electron chi connectivity index (χ0n) is 15.8. The van der Waals surface area contributed by atoms with Gasteiger partial charge in [-0.05, 0) is 49.1 Å². The van der Waals surface area contributed by atoms with Crippen molar-refractivity contribution in [3.63, 3.8) is 0 Å². The Balaban J connectivity index is 1.80. The number of amides is 2. The van der Waals surface area contributed by atoms with Crippen LogP contribution >= 0.6 is 0 Å². The lowest BCUT2D eigenvalue weighted by molar-refractivity contribution is -0.122. The summed E-state index contributed by atoms with van der Waals surface area (Å²) in [5.41, 5.74) is 12.4. The van der Waals surface area contributed by atoms with Gasteiger partial charge in [-0.15, -0.1) is 0 Å². The van der Waals surface area contributed by atoms with Gasteiger partial charge in [-0.1, -0.05) is 35.9 Å². The van der Waals surface area contributed by atoms with Crippen LogP contribution in [0.15, 0.2) is 36.4 Å². The van der Waals surface area contributed by atoms with Gasteiger partial charge < -0.3 is 15.6 Å². The van der Waals surface area contributed by atoms with Crippen molar-refractivity contribution in [1.82, 2.24) is 9.88 Å². The smallest absolute Gasteiger partial charge is 0.271 e. The number of aromatic amines is 1. The number of rotatable bonds is 2. The maximum absolute atomic E-state index is 13.4. The van der Waals surface area contributed by atoms with Crippen molar-refractivity contribution in [2.24, 2.45) is 5.73 Å². The van der Waals surface area contributed by atoms with Crippen LogP contribution in [0.2, 0.25) is 0 Å². The van der Waals surface area contributed by atoms with Gasteiger partial charge in [0.1, 0.15) is 11.7 Å². The molecule has 0 aliphatic carbocycles. The summed E-state index contributed by atoms with van der Waals surface area (Å²) in [5.74, 6) is -0.655. The predicted octanol–water partition coefficient (Wildman–Crippen LogP) is 3.15. The van der Waals surface area contributed by atoms with E-state index < -0.39 is 11.9 Å². The molecule has 0 unspecified atom stereocenters. The van der Waals surface area contributed by atoms with Crippen LogP contribution in [0.5, 0.6) is 0 Å². The summed E-state index contributed by atoms with van der Waals surface area (Å²) < 4.78 is 0. The average molecular weight is 361 g/mol. The highest BCUT2D eigenvalue weighted by Gasteiger charge is 2.35. The molecule has 138 valence electrons. The van der Waals surface area contributed by atoms with E-state index in [2.05, 4.69) is 17.1 Å². The summed E-state index contributed by atoms with van der Waals surface area (Å²) in [4.78, 5) is 30.4. The molecule has 0 radical (unpaired) electrons. The van der Waals surface area contributed by atoms with E-state index >= 15 is 0 Å². The first-order valence-corrected chi connectivity index (χ1v) is 9.13. The van der Waals surface area contributed by atoms with E-state index in [1.165, 1.54) is 0 Å². The van der Waals surface area contributed by atoms with Gasteiger partial charge in [-0.2, -0.15) is 0 Å². The monoisotopic (exact) mass is 361 g/mol. The van der Waals surface area contributed by atoms with E-state index in [0.29, 0.717) is 18.7 Å². The summed E-state index contributed by atoms with van der Waals surface area (Å²) in [5, 5.41) is 1.05. The predicted molar refractivity (Wildman–Crippen MR) is 106 cm³/mol. The fourth-order valence-corrected chi connectivity index (χ4v) is 4.13. The van der Waals surface area contributed by atoms with Crippen molar-refractivity contribution in [2.45, 2.75) is 39.8 Å². The number of hydrogen-bond acceptors (Lipinski definition) is 2. The van der Waals surface area contributed by atoms with Crippen molar-refractivity contribution in [3.05, 3.63) is 69.9 Å². The number of carbonyl (C=O) groups is 2. The number of primary amides is 1. The first-order chi connectivity index (χ1) is 12.9. The fourth-order valence-electron chi connectivity index (χ4n) is 4.13. The molecular weight excluding hydrogens is 338 g/mol. The van der Waals surface area contributed by atoms with Crippen LogP contribution in [0.1, 0.15) is 38.3 Å². The Morgan fingerprint density at radius 3 is 2.52 bits per heavy atom. The Labute approximate surface area is 158 Å². The van der Waals surface area contributed by atoms with E-state index in [4.69, 9.17) is 5.73 Å². The molecule has 0 spiro atoms. The minimum atomic E-state index is -0.638. The van der Waals surface area contributed by atoms with E-state index in [1.54, 1.807) is 4.90 Å². The third kappa shape index (κ3) is 2.79. The van der Waals surface area contributed by atoms with Gasteiger partial charge in [-0.3, -0.25) is 9.59 Å². The second-order valence-corrected chi connectivity index (χ2v) is 7.45. The third-order valence-corrected chi connectivity index (χ3v) is 5.56. The largest absolute Gasteiger partial charge is 0.368 e. The first-order valence-electron chi connectivity index (χ1n) is 9.13. The number of benzene rings is 2. The highest BCUT2D eigenvalue weighted by molar-refractivity contribution is 6.03. The summed E-state index contributed by atoms with van der Waals surface area (Å²) in [7, 11) is 0. The highest BCUT2D eigenvalue weighted by Crippen LogP contribution is 2.30. The van der Waals surface area contributed by atoms with Crippen molar-refractivity contribution in [2.75, 3.05) is 0 Å². The van der Waals surface area contributed by atoms with Gasteiger partial charge in [0.2, 0.25) is 5.91 Å². The molecule has 5 heteroatoms. The van der Waals surface area contributed by atoms with E-state index in [1.807, 2.05) is 45.0 Å². The Bertz CT molecular complexity index is 1080. The van der Waals surface area contributed by atoms with E-state index in [0.717, 1.165) is 38.7 Å². The highest BCUT2D eigenvalue weighted by atomic mass is 16.2. The number of nitrogens with two attached hydrogens (primary N) is 1. The lowest BCUT2D eigenvalue weighted by Crippen LogP contribution is -2.51. The van der Waals surface area contributed by atoms with Gasteiger partial charge in [0.15, 0.2) is 0 Å². The Kier molecular flexibility index (Phi) is 4.02. The molecule has 0 fully saturated rings. The maximum atomic E-state index is 13.4. The zero-order chi connectivity index (χ0) is 19.3. The number of H-pyrrole nitrogens is 1. The maximum Gasteiger partial charge on any atom is 0.271 e. The molecule has 27 heavy (non-hydrogen) atoms. The van der Waals surface area contributed by atoms with Crippen LogP contribution in [-0.2, 0) is 17.8 Å². The van der Waals surface area contributed by atoms with Gasteiger partial charge in [0.05, 0.1) is 0 Å². The lowest BCUT2D eigenvalue weighted by atomic mass is 9.93.